The number of benzene rings is 4. The van der Waals surface area contributed by atoms with Crippen molar-refractivity contribution < 1.29 is 67.3 Å². The van der Waals surface area contributed by atoms with Gasteiger partial charge in [-0.2, -0.15) is 0 Å². The number of nitrogens with one attached hydrogen (secondary N) is 2. The van der Waals surface area contributed by atoms with Crippen molar-refractivity contribution in [3.8, 4) is 46.0 Å². The van der Waals surface area contributed by atoms with Gasteiger partial charge in [0, 0.05) is 36.3 Å². The van der Waals surface area contributed by atoms with E-state index in [1.54, 1.807) is 56.9 Å². The maximum absolute atomic E-state index is 13.1. The van der Waals surface area contributed by atoms with Crippen LogP contribution in [0.4, 0.5) is 0 Å². The molecule has 0 aromatic heterocycles. The summed E-state index contributed by atoms with van der Waals surface area (Å²) in [5.74, 6) is 1.97. The summed E-state index contributed by atoms with van der Waals surface area (Å²) in [5, 5.41) is 21.1. The topological polar surface area (TPSA) is 213 Å². The first kappa shape index (κ1) is 59.6. The van der Waals surface area contributed by atoms with Gasteiger partial charge in [0.05, 0.1) is 69.0 Å². The molecule has 2 amide bonds. The highest BCUT2D eigenvalue weighted by molar-refractivity contribution is 6.27. The Morgan fingerprint density at radius 2 is 0.770 bits per heavy atom. The Labute approximate surface area is 436 Å². The van der Waals surface area contributed by atoms with Gasteiger partial charge in [-0.05, 0) is 163 Å². The molecule has 0 aliphatic carbocycles. The van der Waals surface area contributed by atoms with Gasteiger partial charge in [0.1, 0.15) is 0 Å². The van der Waals surface area contributed by atoms with Crippen LogP contribution in [0.1, 0.15) is 101 Å². The lowest BCUT2D eigenvalue weighted by atomic mass is 9.87. The molecule has 0 saturated carbocycles. The van der Waals surface area contributed by atoms with Gasteiger partial charge in [-0.3, -0.25) is 19.4 Å². The van der Waals surface area contributed by atoms with Crippen LogP contribution in [0, 0.1) is 0 Å². The highest BCUT2D eigenvalue weighted by Gasteiger charge is 2.37. The van der Waals surface area contributed by atoms with Gasteiger partial charge in [-0.25, -0.2) is 9.59 Å². The van der Waals surface area contributed by atoms with E-state index in [0.29, 0.717) is 47.3 Å². The Balaban J connectivity index is 0.000000289. The summed E-state index contributed by atoms with van der Waals surface area (Å²) in [5.41, 5.74) is 6.31. The zero-order chi connectivity index (χ0) is 55.2. The van der Waals surface area contributed by atoms with Crippen LogP contribution in [-0.4, -0.2) is 137 Å². The quantitative estimate of drug-likeness (QED) is 0.0801. The van der Waals surface area contributed by atoms with E-state index >= 15 is 0 Å². The average Bonchev–Trinajstić information content (AvgIpc) is 3.36. The molecule has 4 aromatic carbocycles. The van der Waals surface area contributed by atoms with Crippen molar-refractivity contribution in [1.82, 2.24) is 20.4 Å². The average molecular weight is 1030 g/mol. The normalized spacial score (nSPS) is 16.1. The van der Waals surface area contributed by atoms with E-state index in [1.165, 1.54) is 11.1 Å². The van der Waals surface area contributed by atoms with Crippen molar-refractivity contribution in [3.63, 3.8) is 0 Å². The second-order valence-corrected chi connectivity index (χ2v) is 20.0. The van der Waals surface area contributed by atoms with Crippen LogP contribution in [0.2, 0.25) is 0 Å². The lowest BCUT2D eigenvalue weighted by Crippen LogP contribution is -2.53. The molecule has 0 radical (unpaired) electrons. The first-order valence-electron chi connectivity index (χ1n) is 24.4. The number of carbonyl (C=O) groups is 4. The lowest BCUT2D eigenvalue weighted by Gasteiger charge is -2.41. The van der Waals surface area contributed by atoms with Crippen molar-refractivity contribution in [3.05, 3.63) is 94.0 Å². The molecular formula is C56H78N4O14. The first-order chi connectivity index (χ1) is 34.9. The Hall–Kier alpha value is -6.92. The Morgan fingerprint density at radius 3 is 1.04 bits per heavy atom. The summed E-state index contributed by atoms with van der Waals surface area (Å²) in [6.45, 7) is 17.5. The monoisotopic (exact) mass is 1030 g/mol. The fourth-order valence-electron chi connectivity index (χ4n) is 9.19. The number of methoxy groups -OCH3 is 8. The van der Waals surface area contributed by atoms with Crippen molar-refractivity contribution in [2.45, 2.75) is 116 Å². The second kappa shape index (κ2) is 26.3. The van der Waals surface area contributed by atoms with Crippen molar-refractivity contribution >= 4 is 23.8 Å². The first-order valence-corrected chi connectivity index (χ1v) is 24.4. The SMILES string of the molecule is COc1ccc(C[C@@H]2c3cc(OC)c(OC)cc3CCN2C(C)C(=O)NC(C)(C)C)cc1OC.COc1ccc(C[C@@H]2c3cc(OC)c(OC)cc3CCN2C(C)C(=O)NC(C)(C)C)cc1OC.O=C(O)C(=O)O. The predicted molar refractivity (Wildman–Crippen MR) is 282 cm³/mol. The van der Waals surface area contributed by atoms with Crippen LogP contribution in [0.15, 0.2) is 60.7 Å². The molecule has 406 valence electrons. The summed E-state index contributed by atoms with van der Waals surface area (Å²) >= 11 is 0. The third kappa shape index (κ3) is 15.6. The number of carbonyl (C=O) groups excluding carboxylic acids is 2. The fourth-order valence-corrected chi connectivity index (χ4v) is 9.19. The minimum atomic E-state index is -1.82. The number of carboxylic acid groups (broad SMARTS) is 2. The van der Waals surface area contributed by atoms with Gasteiger partial charge >= 0.3 is 11.9 Å². The van der Waals surface area contributed by atoms with Crippen molar-refractivity contribution in [2.24, 2.45) is 0 Å². The van der Waals surface area contributed by atoms with Gasteiger partial charge in [0.15, 0.2) is 46.0 Å². The minimum Gasteiger partial charge on any atom is -0.493 e. The second-order valence-electron chi connectivity index (χ2n) is 20.0. The molecule has 4 aromatic rings. The summed E-state index contributed by atoms with van der Waals surface area (Å²) in [4.78, 5) is 49.0. The molecule has 74 heavy (non-hydrogen) atoms. The predicted octanol–water partition coefficient (Wildman–Crippen LogP) is 7.49. The van der Waals surface area contributed by atoms with Gasteiger partial charge < -0.3 is 58.7 Å². The molecule has 0 fully saturated rings. The van der Waals surface area contributed by atoms with E-state index in [9.17, 15) is 9.59 Å². The van der Waals surface area contributed by atoms with Gasteiger partial charge in [-0.1, -0.05) is 12.1 Å². The molecule has 0 bridgehead atoms. The Kier molecular flexibility index (Phi) is 21.2. The van der Waals surface area contributed by atoms with E-state index in [-0.39, 0.29) is 47.1 Å². The molecule has 18 nitrogen and oxygen atoms in total. The van der Waals surface area contributed by atoms with Crippen molar-refractivity contribution in [1.29, 1.82) is 0 Å². The minimum absolute atomic E-state index is 0.0220. The van der Waals surface area contributed by atoms with Gasteiger partial charge in [0.25, 0.3) is 0 Å². The maximum atomic E-state index is 13.1. The molecule has 4 N–H and O–H groups in total. The molecule has 2 unspecified atom stereocenters. The standard InChI is InChI=1S/2C27H38N2O5.C2H2O4/c2*1-17(26(30)28-27(2,3)4)29-12-11-19-15-24(33-7)25(34-8)16-20(19)21(29)13-18-9-10-22(31-5)23(14-18)32-6;3-1(4)2(5)6/h2*9-10,14-17,21H,11-13H2,1-8H3,(H,28,30);(H,3,4)(H,5,6)/t2*17?,21-;/m11./s1. The van der Waals surface area contributed by atoms with Gasteiger partial charge in [-0.15, -0.1) is 0 Å². The zero-order valence-corrected chi connectivity index (χ0v) is 46.0. The van der Waals surface area contributed by atoms with E-state index in [2.05, 4.69) is 56.8 Å². The number of fused-ring (bicyclic) bond motifs is 2. The Morgan fingerprint density at radius 1 is 0.486 bits per heavy atom. The number of aliphatic carboxylic acids is 2. The number of carboxylic acids is 2. The molecular weight excluding hydrogens is 953 g/mol. The van der Waals surface area contributed by atoms with E-state index in [0.717, 1.165) is 59.7 Å². The van der Waals surface area contributed by atoms with Crippen LogP contribution in [0.5, 0.6) is 46.0 Å². The van der Waals surface area contributed by atoms with E-state index in [1.807, 2.05) is 79.7 Å². The summed E-state index contributed by atoms with van der Waals surface area (Å²) in [6, 6.07) is 19.5. The maximum Gasteiger partial charge on any atom is 0.414 e. The third-order valence-corrected chi connectivity index (χ3v) is 12.8. The smallest absolute Gasteiger partial charge is 0.414 e. The van der Waals surface area contributed by atoms with E-state index < -0.39 is 11.9 Å². The summed E-state index contributed by atoms with van der Waals surface area (Å²) < 4.78 is 44.2. The van der Waals surface area contributed by atoms with Crippen LogP contribution in [0.3, 0.4) is 0 Å². The van der Waals surface area contributed by atoms with Crippen LogP contribution >= 0.6 is 0 Å². The largest absolute Gasteiger partial charge is 0.493 e. The molecule has 6 rings (SSSR count). The number of hydrogen-bond donors (Lipinski definition) is 4. The van der Waals surface area contributed by atoms with Crippen LogP contribution < -0.4 is 48.5 Å². The highest BCUT2D eigenvalue weighted by atomic mass is 16.5. The zero-order valence-electron chi connectivity index (χ0n) is 46.0. The Bertz CT molecular complexity index is 2400. The molecule has 0 spiro atoms. The lowest BCUT2D eigenvalue weighted by molar-refractivity contribution is -0.159. The molecule has 4 atom stereocenters. The fraction of sp³-hybridized carbons (Fsp3) is 0.500. The summed E-state index contributed by atoms with van der Waals surface area (Å²) in [6.07, 6.45) is 3.06. The number of amides is 2. The summed E-state index contributed by atoms with van der Waals surface area (Å²) in [7, 11) is 13.1. The number of rotatable bonds is 16. The van der Waals surface area contributed by atoms with Crippen LogP contribution in [0.25, 0.3) is 0 Å². The molecule has 18 heteroatoms. The highest BCUT2D eigenvalue weighted by Crippen LogP contribution is 2.43. The molecule has 2 aliphatic heterocycles. The molecule has 2 heterocycles. The number of hydrogen-bond acceptors (Lipinski definition) is 14. The van der Waals surface area contributed by atoms with E-state index in [4.69, 9.17) is 57.7 Å². The molecule has 0 saturated heterocycles. The number of nitrogens with zero attached hydrogens (tertiary/aromatic N) is 2. The van der Waals surface area contributed by atoms with Crippen LogP contribution in [-0.2, 0) is 44.9 Å². The van der Waals surface area contributed by atoms with Crippen molar-refractivity contribution in [2.75, 3.05) is 70.0 Å². The number of ether oxygens (including phenoxy) is 8. The van der Waals surface area contributed by atoms with Gasteiger partial charge in [0.2, 0.25) is 11.8 Å². The molecule has 2 aliphatic rings. The third-order valence-electron chi connectivity index (χ3n) is 12.8.